The fraction of sp³-hybridized carbons (Fsp3) is 0.571. The summed E-state index contributed by atoms with van der Waals surface area (Å²) in [6, 6.07) is -1.18. The number of nitrogens with zero attached hydrogens (tertiary/aromatic N) is 1. The minimum atomic E-state index is -1.18. The van der Waals surface area contributed by atoms with Gasteiger partial charge in [-0.2, -0.15) is 0 Å². The maximum Gasteiger partial charge on any atom is 0.342 e. The number of rotatable bonds is 1. The van der Waals surface area contributed by atoms with Gasteiger partial charge in [0.25, 0.3) is 0 Å². The minimum Gasteiger partial charge on any atom is -0.467 e. The summed E-state index contributed by atoms with van der Waals surface area (Å²) in [6.07, 6.45) is -0.386. The number of β-lactam (4-membered cyclic amide) rings is 1. The fourth-order valence-electron chi connectivity index (χ4n) is 1.44. The molecule has 0 aromatic carbocycles. The van der Waals surface area contributed by atoms with E-state index in [4.69, 9.17) is 4.74 Å². The molecule has 2 fully saturated rings. The Bertz CT molecular complexity index is 291. The van der Waals surface area contributed by atoms with Crippen LogP contribution < -0.4 is 0 Å². The predicted octanol–water partition coefficient (Wildman–Crippen LogP) is -1.36. The molecule has 2 rings (SSSR count). The minimum absolute atomic E-state index is 0.166. The molecule has 0 spiro atoms. The maximum absolute atomic E-state index is 11.1. The lowest BCUT2D eigenvalue weighted by molar-refractivity contribution is -0.164. The second-order valence-electron chi connectivity index (χ2n) is 2.82. The van der Waals surface area contributed by atoms with Gasteiger partial charge in [-0.25, -0.2) is 9.59 Å². The Balaban J connectivity index is 2.21. The van der Waals surface area contributed by atoms with Gasteiger partial charge in [-0.3, -0.25) is 9.69 Å². The van der Waals surface area contributed by atoms with Crippen molar-refractivity contribution in [1.82, 2.24) is 4.90 Å². The number of hydrogen-bond acceptors (Lipinski definition) is 5. The number of hydrogen-bond donors (Lipinski definition) is 0. The molecule has 0 bridgehead atoms. The van der Waals surface area contributed by atoms with E-state index >= 15 is 0 Å². The van der Waals surface area contributed by atoms with Crippen LogP contribution >= 0.6 is 0 Å². The van der Waals surface area contributed by atoms with Crippen LogP contribution in [-0.4, -0.2) is 42.1 Å². The van der Waals surface area contributed by atoms with Crippen LogP contribution in [0.25, 0.3) is 0 Å². The molecule has 2 aliphatic heterocycles. The average molecular weight is 185 g/mol. The Labute approximate surface area is 73.4 Å². The zero-order valence-corrected chi connectivity index (χ0v) is 6.85. The number of ether oxygens (including phenoxy) is 2. The summed E-state index contributed by atoms with van der Waals surface area (Å²) >= 11 is 0. The van der Waals surface area contributed by atoms with Gasteiger partial charge in [0, 0.05) is 0 Å². The largest absolute Gasteiger partial charge is 0.467 e. The molecule has 6 nitrogen and oxygen atoms in total. The Morgan fingerprint density at radius 3 is 2.85 bits per heavy atom. The van der Waals surface area contributed by atoms with Crippen LogP contribution in [0.4, 0.5) is 0 Å². The van der Waals surface area contributed by atoms with Crippen molar-refractivity contribution in [2.75, 3.05) is 7.11 Å². The van der Waals surface area contributed by atoms with Crippen LogP contribution in [0.3, 0.4) is 0 Å². The first-order valence-corrected chi connectivity index (χ1v) is 3.74. The standard InChI is InChI=1S/C7H7NO5/c1-12-6(10)5-7(11)13-4-2-3(9)8(4)5/h4-5H,2H2,1H3/t4-,5+/m1/s1. The summed E-state index contributed by atoms with van der Waals surface area (Å²) in [7, 11) is 1.16. The third-order valence-electron chi connectivity index (χ3n) is 2.13. The summed E-state index contributed by atoms with van der Waals surface area (Å²) in [5.74, 6) is -1.71. The van der Waals surface area contributed by atoms with Gasteiger partial charge in [-0.15, -0.1) is 0 Å². The Kier molecular flexibility index (Phi) is 1.51. The van der Waals surface area contributed by atoms with Gasteiger partial charge in [0.1, 0.15) is 0 Å². The van der Waals surface area contributed by atoms with E-state index in [0.29, 0.717) is 0 Å². The second kappa shape index (κ2) is 2.45. The summed E-state index contributed by atoms with van der Waals surface area (Å²) in [5.41, 5.74) is 0. The van der Waals surface area contributed by atoms with Gasteiger partial charge in [-0.1, -0.05) is 0 Å². The molecule has 2 aliphatic rings. The number of fused-ring (bicyclic) bond motifs is 1. The van der Waals surface area contributed by atoms with E-state index in [1.807, 2.05) is 0 Å². The van der Waals surface area contributed by atoms with Gasteiger partial charge in [-0.05, 0) is 0 Å². The molecule has 0 saturated carbocycles. The van der Waals surface area contributed by atoms with Crippen molar-refractivity contribution >= 4 is 17.8 Å². The maximum atomic E-state index is 11.1. The van der Waals surface area contributed by atoms with Gasteiger partial charge in [0.15, 0.2) is 6.23 Å². The van der Waals surface area contributed by atoms with Crippen molar-refractivity contribution in [3.05, 3.63) is 0 Å². The first kappa shape index (κ1) is 8.03. The van der Waals surface area contributed by atoms with E-state index in [-0.39, 0.29) is 12.3 Å². The van der Waals surface area contributed by atoms with E-state index in [0.717, 1.165) is 12.0 Å². The van der Waals surface area contributed by atoms with Gasteiger partial charge in [0.2, 0.25) is 11.9 Å². The van der Waals surface area contributed by atoms with Crippen molar-refractivity contribution in [3.8, 4) is 0 Å². The van der Waals surface area contributed by atoms with Crippen molar-refractivity contribution in [1.29, 1.82) is 0 Å². The quantitative estimate of drug-likeness (QED) is 0.286. The Morgan fingerprint density at radius 1 is 1.62 bits per heavy atom. The van der Waals surface area contributed by atoms with Crippen LogP contribution in [0.2, 0.25) is 0 Å². The van der Waals surface area contributed by atoms with Crippen molar-refractivity contribution in [2.45, 2.75) is 18.7 Å². The zero-order valence-electron chi connectivity index (χ0n) is 6.85. The van der Waals surface area contributed by atoms with E-state index in [2.05, 4.69) is 4.74 Å². The van der Waals surface area contributed by atoms with Crippen LogP contribution in [0.1, 0.15) is 6.42 Å². The highest BCUT2D eigenvalue weighted by Crippen LogP contribution is 2.30. The molecule has 0 radical (unpaired) electrons. The Morgan fingerprint density at radius 2 is 2.31 bits per heavy atom. The van der Waals surface area contributed by atoms with Crippen LogP contribution in [0.5, 0.6) is 0 Å². The molecule has 2 saturated heterocycles. The van der Waals surface area contributed by atoms with E-state index in [1.165, 1.54) is 0 Å². The molecule has 13 heavy (non-hydrogen) atoms. The number of carbonyl (C=O) groups is 3. The zero-order chi connectivity index (χ0) is 9.59. The SMILES string of the molecule is COC(=O)[C@H]1C(=O)O[C@@H]2CC(=O)N12. The first-order chi connectivity index (χ1) is 6.15. The highest BCUT2D eigenvalue weighted by atomic mass is 16.6. The highest BCUT2D eigenvalue weighted by molar-refractivity contribution is 6.06. The van der Waals surface area contributed by atoms with Crippen molar-refractivity contribution in [2.24, 2.45) is 0 Å². The van der Waals surface area contributed by atoms with E-state index in [1.54, 1.807) is 0 Å². The third-order valence-corrected chi connectivity index (χ3v) is 2.13. The molecule has 6 heteroatoms. The van der Waals surface area contributed by atoms with Gasteiger partial charge < -0.3 is 9.47 Å². The predicted molar refractivity (Wildman–Crippen MR) is 37.1 cm³/mol. The molecule has 0 aromatic rings. The lowest BCUT2D eigenvalue weighted by Gasteiger charge is -2.32. The molecule has 0 unspecified atom stereocenters. The molecule has 70 valence electrons. The Hall–Kier alpha value is -1.59. The van der Waals surface area contributed by atoms with Crippen LogP contribution in [0, 0.1) is 0 Å². The molecule has 0 aliphatic carbocycles. The summed E-state index contributed by atoms with van der Waals surface area (Å²) in [4.78, 5) is 34.2. The highest BCUT2D eigenvalue weighted by Gasteiger charge is 2.56. The van der Waals surface area contributed by atoms with Crippen LogP contribution in [0.15, 0.2) is 0 Å². The molecular formula is C7H7NO5. The molecule has 1 amide bonds. The van der Waals surface area contributed by atoms with E-state index < -0.39 is 24.2 Å². The van der Waals surface area contributed by atoms with Gasteiger partial charge in [0.05, 0.1) is 13.5 Å². The van der Waals surface area contributed by atoms with Crippen LogP contribution in [-0.2, 0) is 23.9 Å². The third kappa shape index (κ3) is 0.912. The van der Waals surface area contributed by atoms with Gasteiger partial charge >= 0.3 is 11.9 Å². The number of methoxy groups -OCH3 is 1. The molecule has 2 atom stereocenters. The van der Waals surface area contributed by atoms with Crippen molar-refractivity contribution in [3.63, 3.8) is 0 Å². The van der Waals surface area contributed by atoms with E-state index in [9.17, 15) is 14.4 Å². The topological polar surface area (TPSA) is 72.9 Å². The average Bonchev–Trinajstić information content (AvgIpc) is 2.36. The lowest BCUT2D eigenvalue weighted by Crippen LogP contribution is -2.55. The second-order valence-corrected chi connectivity index (χ2v) is 2.82. The smallest absolute Gasteiger partial charge is 0.342 e. The monoisotopic (exact) mass is 185 g/mol. The molecule has 0 aromatic heterocycles. The molecule has 2 heterocycles. The number of amides is 1. The number of esters is 2. The lowest BCUT2D eigenvalue weighted by atomic mass is 10.1. The number of carbonyl (C=O) groups excluding carboxylic acids is 3. The molecule has 0 N–H and O–H groups in total. The molecular weight excluding hydrogens is 178 g/mol. The first-order valence-electron chi connectivity index (χ1n) is 3.74. The summed E-state index contributed by atoms with van der Waals surface area (Å²) < 4.78 is 9.10. The van der Waals surface area contributed by atoms with Crippen molar-refractivity contribution < 1.29 is 23.9 Å². The summed E-state index contributed by atoms with van der Waals surface area (Å²) in [6.45, 7) is 0. The summed E-state index contributed by atoms with van der Waals surface area (Å²) in [5, 5.41) is 0. The normalized spacial score (nSPS) is 30.7. The fourth-order valence-corrected chi connectivity index (χ4v) is 1.44.